The maximum atomic E-state index is 11.7. The monoisotopic (exact) mass is 558 g/mol. The van der Waals surface area contributed by atoms with Crippen molar-refractivity contribution in [1.29, 1.82) is 0 Å². The second-order valence-electron chi connectivity index (χ2n) is 9.31. The number of hydrogen-bond donors (Lipinski definition) is 2. The number of H-pyrrole nitrogens is 2. The van der Waals surface area contributed by atoms with Gasteiger partial charge in [0.2, 0.25) is 0 Å². The molecule has 198 valence electrons. The van der Waals surface area contributed by atoms with E-state index in [4.69, 9.17) is 0 Å². The van der Waals surface area contributed by atoms with Crippen LogP contribution in [-0.4, -0.2) is 40.6 Å². The molecule has 1 aromatic heterocycles. The molecule has 5 nitrogen and oxygen atoms in total. The van der Waals surface area contributed by atoms with Crippen molar-refractivity contribution in [3.8, 4) is 0 Å². The molecule has 0 unspecified atom stereocenters. The van der Waals surface area contributed by atoms with E-state index in [0.29, 0.717) is 9.92 Å². The molecular weight excluding hydrogens is 515 g/mol. The summed E-state index contributed by atoms with van der Waals surface area (Å²) in [4.78, 5) is 31.0. The zero-order valence-electron chi connectivity index (χ0n) is 22.4. The van der Waals surface area contributed by atoms with E-state index < -0.39 is 5.69 Å². The van der Waals surface area contributed by atoms with Gasteiger partial charge in [0.1, 0.15) is 9.92 Å². The predicted molar refractivity (Wildman–Crippen MR) is 159 cm³/mol. The number of aromatic amines is 2. The van der Waals surface area contributed by atoms with Crippen LogP contribution in [0, 0.1) is 0 Å². The standard InChI is InChI=1S/C16H36N.C10H8N2O2S4/c1-5-9-13-17(14-10-6-2,15-11-7-3)16-12-8-4;1-3-4(2)16-8(15-3)9-17-5-6(13)11-10(14)12-7(5)18-9/h5-16H2,1-4H3;1-2H3,(H2,11,12,13,14)/q+1;. The van der Waals surface area contributed by atoms with Gasteiger partial charge in [-0.3, -0.25) is 9.78 Å². The summed E-state index contributed by atoms with van der Waals surface area (Å²) >= 11 is 6.35. The van der Waals surface area contributed by atoms with E-state index in [1.807, 2.05) is 0 Å². The van der Waals surface area contributed by atoms with Crippen LogP contribution in [0.4, 0.5) is 0 Å². The smallest absolute Gasteiger partial charge is 0.324 e. The maximum Gasteiger partial charge on any atom is 0.326 e. The van der Waals surface area contributed by atoms with Gasteiger partial charge >= 0.3 is 5.69 Å². The molecule has 0 aromatic carbocycles. The second-order valence-corrected chi connectivity index (χ2v) is 14.3. The van der Waals surface area contributed by atoms with E-state index in [2.05, 4.69) is 51.5 Å². The van der Waals surface area contributed by atoms with Gasteiger partial charge in [0, 0.05) is 0 Å². The molecule has 0 atom stereocenters. The van der Waals surface area contributed by atoms with Crippen LogP contribution in [0.5, 0.6) is 0 Å². The molecule has 3 heterocycles. The first-order chi connectivity index (χ1) is 16.8. The molecule has 9 heteroatoms. The molecule has 0 bridgehead atoms. The highest BCUT2D eigenvalue weighted by Crippen LogP contribution is 2.59. The number of nitrogens with one attached hydrogen (secondary N) is 2. The van der Waals surface area contributed by atoms with Crippen molar-refractivity contribution in [2.45, 2.75) is 103 Å². The molecule has 0 saturated carbocycles. The Balaban J connectivity index is 0.000000248. The number of quaternary nitrogens is 1. The molecule has 3 rings (SSSR count). The van der Waals surface area contributed by atoms with Gasteiger partial charge in [0.25, 0.3) is 5.56 Å². The Bertz CT molecular complexity index is 944. The topological polar surface area (TPSA) is 65.7 Å². The lowest BCUT2D eigenvalue weighted by atomic mass is 10.1. The Hall–Kier alpha value is -0.480. The number of thioether (sulfide) groups is 4. The van der Waals surface area contributed by atoms with E-state index in [-0.39, 0.29) is 5.56 Å². The first-order valence-corrected chi connectivity index (χ1v) is 16.4. The SMILES string of the molecule is CC1=C(C)SC(=C2Sc3[nH]c(=O)[nH]c(=O)c3S2)S1.CCCC[N+](CCCC)(CCCC)CCCC. The minimum Gasteiger partial charge on any atom is -0.324 e. The third-order valence-electron chi connectivity index (χ3n) is 6.35. The van der Waals surface area contributed by atoms with E-state index in [0.717, 1.165) is 4.24 Å². The van der Waals surface area contributed by atoms with Gasteiger partial charge < -0.3 is 9.47 Å². The summed E-state index contributed by atoms with van der Waals surface area (Å²) in [7, 11) is 0. The lowest BCUT2D eigenvalue weighted by Crippen LogP contribution is -2.50. The van der Waals surface area contributed by atoms with Gasteiger partial charge in [-0.1, -0.05) is 100 Å². The van der Waals surface area contributed by atoms with Crippen LogP contribution in [0.1, 0.15) is 92.9 Å². The van der Waals surface area contributed by atoms with Crippen LogP contribution >= 0.6 is 47.0 Å². The van der Waals surface area contributed by atoms with E-state index in [9.17, 15) is 9.59 Å². The summed E-state index contributed by atoms with van der Waals surface area (Å²) in [5.74, 6) is 0. The van der Waals surface area contributed by atoms with E-state index >= 15 is 0 Å². The van der Waals surface area contributed by atoms with Crippen LogP contribution in [0.15, 0.2) is 37.8 Å². The van der Waals surface area contributed by atoms with Crippen LogP contribution in [0.2, 0.25) is 0 Å². The van der Waals surface area contributed by atoms with Crippen molar-refractivity contribution in [3.05, 3.63) is 39.1 Å². The molecular formula is C26H44N3O2S4+. The molecule has 0 saturated heterocycles. The summed E-state index contributed by atoms with van der Waals surface area (Å²) < 4.78 is 3.68. The van der Waals surface area contributed by atoms with Crippen LogP contribution in [-0.2, 0) is 0 Å². The summed E-state index contributed by atoms with van der Waals surface area (Å²) in [6.07, 6.45) is 11.1. The minimum absolute atomic E-state index is 0.309. The Morgan fingerprint density at radius 3 is 1.49 bits per heavy atom. The summed E-state index contributed by atoms with van der Waals surface area (Å²) in [6, 6.07) is 0. The second kappa shape index (κ2) is 15.7. The van der Waals surface area contributed by atoms with Crippen molar-refractivity contribution in [2.75, 3.05) is 26.2 Å². The Labute approximate surface area is 228 Å². The van der Waals surface area contributed by atoms with Gasteiger partial charge in [-0.2, -0.15) is 0 Å². The van der Waals surface area contributed by atoms with Crippen LogP contribution in [0.25, 0.3) is 0 Å². The fraction of sp³-hybridized carbons (Fsp3) is 0.692. The Kier molecular flexibility index (Phi) is 13.8. The van der Waals surface area contributed by atoms with Gasteiger partial charge in [-0.15, -0.1) is 0 Å². The molecule has 1 aromatic rings. The largest absolute Gasteiger partial charge is 0.326 e. The number of fused-ring (bicyclic) bond motifs is 1. The van der Waals surface area contributed by atoms with Crippen LogP contribution < -0.4 is 11.2 Å². The van der Waals surface area contributed by atoms with Gasteiger partial charge in [-0.25, -0.2) is 4.79 Å². The van der Waals surface area contributed by atoms with Gasteiger partial charge in [-0.05, 0) is 49.3 Å². The van der Waals surface area contributed by atoms with Crippen molar-refractivity contribution in [1.82, 2.24) is 9.97 Å². The Morgan fingerprint density at radius 1 is 0.629 bits per heavy atom. The number of rotatable bonds is 12. The minimum atomic E-state index is -0.449. The lowest BCUT2D eigenvalue weighted by Gasteiger charge is -2.39. The molecule has 2 N–H and O–H groups in total. The molecule has 0 radical (unpaired) electrons. The quantitative estimate of drug-likeness (QED) is 0.199. The maximum absolute atomic E-state index is 11.7. The number of aromatic nitrogens is 2. The lowest BCUT2D eigenvalue weighted by molar-refractivity contribution is -0.929. The first kappa shape index (κ1) is 30.7. The average molecular weight is 559 g/mol. The molecule has 0 amide bonds. The Morgan fingerprint density at radius 2 is 1.06 bits per heavy atom. The highest BCUT2D eigenvalue weighted by atomic mass is 32.2. The highest BCUT2D eigenvalue weighted by Gasteiger charge is 2.28. The van der Waals surface area contributed by atoms with Crippen molar-refractivity contribution in [3.63, 3.8) is 0 Å². The summed E-state index contributed by atoms with van der Waals surface area (Å²) in [5, 5.41) is 0.652. The van der Waals surface area contributed by atoms with E-state index in [1.165, 1.54) is 120 Å². The molecule has 35 heavy (non-hydrogen) atoms. The number of nitrogens with zero attached hydrogens (tertiary/aromatic N) is 1. The third kappa shape index (κ3) is 9.40. The predicted octanol–water partition coefficient (Wildman–Crippen LogP) is 8.12. The summed E-state index contributed by atoms with van der Waals surface area (Å²) in [6.45, 7) is 19.2. The van der Waals surface area contributed by atoms with E-state index in [1.54, 1.807) is 23.5 Å². The fourth-order valence-electron chi connectivity index (χ4n) is 4.08. The van der Waals surface area contributed by atoms with Crippen molar-refractivity contribution in [2.24, 2.45) is 0 Å². The number of allylic oxidation sites excluding steroid dienone is 2. The number of unbranched alkanes of at least 4 members (excludes halogenated alkanes) is 4. The molecule has 0 fully saturated rings. The van der Waals surface area contributed by atoms with Gasteiger partial charge in [0.05, 0.1) is 34.7 Å². The van der Waals surface area contributed by atoms with Crippen molar-refractivity contribution < 1.29 is 4.48 Å². The molecule has 0 aliphatic carbocycles. The zero-order valence-corrected chi connectivity index (χ0v) is 25.6. The summed E-state index contributed by atoms with van der Waals surface area (Å²) in [5.41, 5.74) is -0.758. The molecule has 2 aliphatic rings. The highest BCUT2D eigenvalue weighted by molar-refractivity contribution is 8.32. The molecule has 0 spiro atoms. The fourth-order valence-corrected chi connectivity index (χ4v) is 9.33. The average Bonchev–Trinajstić information content (AvgIpc) is 3.41. The molecule has 2 aliphatic heterocycles. The van der Waals surface area contributed by atoms with Crippen LogP contribution in [0.3, 0.4) is 0 Å². The number of hydrogen-bond acceptors (Lipinski definition) is 6. The third-order valence-corrected chi connectivity index (χ3v) is 12.0. The zero-order chi connectivity index (χ0) is 25.8. The first-order valence-electron chi connectivity index (χ1n) is 13.1. The van der Waals surface area contributed by atoms with Gasteiger partial charge in [0.15, 0.2) is 0 Å². The van der Waals surface area contributed by atoms with Crippen molar-refractivity contribution >= 4 is 47.0 Å². The normalized spacial score (nSPS) is 15.5.